The van der Waals surface area contributed by atoms with Crippen molar-refractivity contribution in [2.75, 3.05) is 6.61 Å². The van der Waals surface area contributed by atoms with Gasteiger partial charge in [0.1, 0.15) is 13.2 Å². The first-order valence-electron chi connectivity index (χ1n) is 9.08. The molecule has 2 aromatic rings. The quantitative estimate of drug-likeness (QED) is 0.508. The summed E-state index contributed by atoms with van der Waals surface area (Å²) in [5.74, 6) is -2.72. The van der Waals surface area contributed by atoms with E-state index in [2.05, 4.69) is 5.32 Å². The average Bonchev–Trinajstić information content (AvgIpc) is 2.71. The zero-order valence-corrected chi connectivity index (χ0v) is 17.7. The molecule has 8 nitrogen and oxygen atoms in total. The third-order valence-corrected chi connectivity index (χ3v) is 4.59. The molecular formula is C21H19Cl2NO7. The molecule has 0 unspecified atom stereocenters. The SMILES string of the molecule is O=C(O)C[C@@H](CC(=O)COC(=O)c1c(Cl)cccc1Cl)NC(=O)OCc1ccccc1. The van der Waals surface area contributed by atoms with Gasteiger partial charge in [-0.1, -0.05) is 59.6 Å². The van der Waals surface area contributed by atoms with Gasteiger partial charge in [0.05, 0.1) is 22.0 Å². The lowest BCUT2D eigenvalue weighted by molar-refractivity contribution is -0.137. The van der Waals surface area contributed by atoms with E-state index < -0.39 is 42.9 Å². The first kappa shape index (κ1) is 24.2. The number of rotatable bonds is 10. The molecule has 0 spiro atoms. The summed E-state index contributed by atoms with van der Waals surface area (Å²) < 4.78 is 9.95. The van der Waals surface area contributed by atoms with Crippen molar-refractivity contribution in [3.05, 3.63) is 69.7 Å². The Morgan fingerprint density at radius 1 is 0.903 bits per heavy atom. The Bertz CT molecular complexity index is 930. The summed E-state index contributed by atoms with van der Waals surface area (Å²) >= 11 is 11.8. The summed E-state index contributed by atoms with van der Waals surface area (Å²) in [6.45, 7) is -0.659. The summed E-state index contributed by atoms with van der Waals surface area (Å²) in [6, 6.07) is 12.3. The Hall–Kier alpha value is -3.10. The summed E-state index contributed by atoms with van der Waals surface area (Å²) in [4.78, 5) is 47.3. The number of esters is 1. The summed E-state index contributed by atoms with van der Waals surface area (Å²) in [7, 11) is 0. The van der Waals surface area contributed by atoms with E-state index in [1.54, 1.807) is 30.3 Å². The summed E-state index contributed by atoms with van der Waals surface area (Å²) in [6.07, 6.45) is -1.77. The van der Waals surface area contributed by atoms with Crippen LogP contribution in [0.3, 0.4) is 0 Å². The van der Waals surface area contributed by atoms with Crippen LogP contribution in [0.4, 0.5) is 4.79 Å². The van der Waals surface area contributed by atoms with Crippen molar-refractivity contribution in [3.63, 3.8) is 0 Å². The highest BCUT2D eigenvalue weighted by Gasteiger charge is 2.22. The maximum absolute atomic E-state index is 12.2. The van der Waals surface area contributed by atoms with Crippen molar-refractivity contribution in [3.8, 4) is 0 Å². The maximum atomic E-state index is 12.2. The number of Topliss-reactive ketones (excluding diaryl/α,β-unsaturated/α-hetero) is 1. The van der Waals surface area contributed by atoms with Gasteiger partial charge >= 0.3 is 18.0 Å². The number of carbonyl (C=O) groups excluding carboxylic acids is 3. The average molecular weight is 468 g/mol. The molecule has 164 valence electrons. The van der Waals surface area contributed by atoms with Gasteiger partial charge in [-0.25, -0.2) is 9.59 Å². The fraction of sp³-hybridized carbons (Fsp3) is 0.238. The van der Waals surface area contributed by atoms with Crippen LogP contribution in [0.5, 0.6) is 0 Å². The summed E-state index contributed by atoms with van der Waals surface area (Å²) in [5.41, 5.74) is 0.664. The third kappa shape index (κ3) is 8.27. The highest BCUT2D eigenvalue weighted by Crippen LogP contribution is 2.24. The van der Waals surface area contributed by atoms with E-state index in [9.17, 15) is 19.2 Å². The molecule has 0 aliphatic rings. The molecule has 0 aromatic heterocycles. The van der Waals surface area contributed by atoms with Gasteiger partial charge in [0, 0.05) is 12.5 Å². The van der Waals surface area contributed by atoms with Crippen molar-refractivity contribution < 1.29 is 33.8 Å². The number of amides is 1. The van der Waals surface area contributed by atoms with Crippen LogP contribution in [0.2, 0.25) is 10.0 Å². The fourth-order valence-electron chi connectivity index (χ4n) is 2.56. The number of aliphatic carboxylic acids is 1. The Kier molecular flexibility index (Phi) is 9.30. The van der Waals surface area contributed by atoms with Gasteiger partial charge in [-0.05, 0) is 17.7 Å². The van der Waals surface area contributed by atoms with Crippen LogP contribution < -0.4 is 5.32 Å². The molecule has 1 atom stereocenters. The van der Waals surface area contributed by atoms with Gasteiger partial charge < -0.3 is 19.9 Å². The van der Waals surface area contributed by atoms with E-state index in [1.165, 1.54) is 12.1 Å². The summed E-state index contributed by atoms with van der Waals surface area (Å²) in [5, 5.41) is 11.5. The molecule has 2 N–H and O–H groups in total. The second kappa shape index (κ2) is 11.9. The number of hydrogen-bond donors (Lipinski definition) is 2. The zero-order chi connectivity index (χ0) is 22.8. The van der Waals surface area contributed by atoms with Crippen LogP contribution >= 0.6 is 23.2 Å². The normalized spacial score (nSPS) is 11.3. The number of carbonyl (C=O) groups is 4. The van der Waals surface area contributed by atoms with Crippen molar-refractivity contribution >= 4 is 47.0 Å². The number of hydrogen-bond acceptors (Lipinski definition) is 6. The first-order chi connectivity index (χ1) is 14.8. The molecule has 0 aliphatic heterocycles. The molecule has 2 rings (SSSR count). The molecule has 0 saturated carbocycles. The number of ketones is 1. The molecule has 0 fully saturated rings. The number of carboxylic acid groups (broad SMARTS) is 1. The molecule has 0 heterocycles. The van der Waals surface area contributed by atoms with Crippen LogP contribution in [0.1, 0.15) is 28.8 Å². The topological polar surface area (TPSA) is 119 Å². The Labute approximate surface area is 188 Å². The van der Waals surface area contributed by atoms with Gasteiger partial charge in [-0.2, -0.15) is 0 Å². The van der Waals surface area contributed by atoms with Crippen molar-refractivity contribution in [1.29, 1.82) is 0 Å². The van der Waals surface area contributed by atoms with Crippen LogP contribution in [-0.4, -0.2) is 41.6 Å². The molecular weight excluding hydrogens is 449 g/mol. The highest BCUT2D eigenvalue weighted by atomic mass is 35.5. The van der Waals surface area contributed by atoms with E-state index in [-0.39, 0.29) is 28.6 Å². The van der Waals surface area contributed by atoms with Crippen LogP contribution in [0.15, 0.2) is 48.5 Å². The number of halogens is 2. The Balaban J connectivity index is 1.87. The molecule has 0 aliphatic carbocycles. The monoisotopic (exact) mass is 467 g/mol. The van der Waals surface area contributed by atoms with Crippen LogP contribution in [0, 0.1) is 0 Å². The highest BCUT2D eigenvalue weighted by molar-refractivity contribution is 6.39. The van der Waals surface area contributed by atoms with Crippen LogP contribution in [-0.2, 0) is 25.7 Å². The lowest BCUT2D eigenvalue weighted by Gasteiger charge is -2.16. The van der Waals surface area contributed by atoms with E-state index in [0.29, 0.717) is 0 Å². The predicted molar refractivity (Wildman–Crippen MR) is 112 cm³/mol. The van der Waals surface area contributed by atoms with Gasteiger partial charge in [0.15, 0.2) is 5.78 Å². The van der Waals surface area contributed by atoms with Gasteiger partial charge in [-0.3, -0.25) is 9.59 Å². The van der Waals surface area contributed by atoms with E-state index in [4.69, 9.17) is 37.8 Å². The molecule has 0 radical (unpaired) electrons. The molecule has 31 heavy (non-hydrogen) atoms. The van der Waals surface area contributed by atoms with Gasteiger partial charge in [0.25, 0.3) is 0 Å². The minimum Gasteiger partial charge on any atom is -0.481 e. The molecule has 0 saturated heterocycles. The molecule has 2 aromatic carbocycles. The van der Waals surface area contributed by atoms with E-state index >= 15 is 0 Å². The molecule has 10 heteroatoms. The number of carboxylic acids is 1. The Morgan fingerprint density at radius 3 is 2.16 bits per heavy atom. The number of benzene rings is 2. The second-order valence-corrected chi connectivity index (χ2v) is 7.23. The largest absolute Gasteiger partial charge is 0.481 e. The standard InChI is InChI=1S/C21H19Cl2NO7/c22-16-7-4-8-17(23)19(16)20(28)30-12-15(25)9-14(10-18(26)27)24-21(29)31-11-13-5-2-1-3-6-13/h1-8,14H,9-12H2,(H,24,29)(H,26,27)/t14-/m1/s1. The lowest BCUT2D eigenvalue weighted by Crippen LogP contribution is -2.39. The maximum Gasteiger partial charge on any atom is 0.407 e. The Morgan fingerprint density at radius 2 is 1.55 bits per heavy atom. The first-order valence-corrected chi connectivity index (χ1v) is 9.83. The minimum absolute atomic E-state index is 0.0172. The van der Waals surface area contributed by atoms with E-state index in [0.717, 1.165) is 5.56 Å². The third-order valence-electron chi connectivity index (χ3n) is 3.96. The second-order valence-electron chi connectivity index (χ2n) is 6.42. The number of ether oxygens (including phenoxy) is 2. The van der Waals surface area contributed by atoms with Crippen molar-refractivity contribution in [1.82, 2.24) is 5.32 Å². The van der Waals surface area contributed by atoms with Gasteiger partial charge in [0.2, 0.25) is 0 Å². The lowest BCUT2D eigenvalue weighted by atomic mass is 10.1. The molecule has 1 amide bonds. The smallest absolute Gasteiger partial charge is 0.407 e. The van der Waals surface area contributed by atoms with Crippen molar-refractivity contribution in [2.24, 2.45) is 0 Å². The van der Waals surface area contributed by atoms with Gasteiger partial charge in [-0.15, -0.1) is 0 Å². The predicted octanol–water partition coefficient (Wildman–Crippen LogP) is 3.88. The fourth-order valence-corrected chi connectivity index (χ4v) is 3.11. The van der Waals surface area contributed by atoms with E-state index in [1.807, 2.05) is 6.07 Å². The zero-order valence-electron chi connectivity index (χ0n) is 16.2. The minimum atomic E-state index is -1.22. The van der Waals surface area contributed by atoms with Crippen LogP contribution in [0.25, 0.3) is 0 Å². The van der Waals surface area contributed by atoms with Crippen molar-refractivity contribution in [2.45, 2.75) is 25.5 Å². The number of nitrogens with one attached hydrogen (secondary N) is 1. The molecule has 0 bridgehead atoms. The number of alkyl carbamates (subject to hydrolysis) is 1.